The van der Waals surface area contributed by atoms with Gasteiger partial charge in [-0.3, -0.25) is 0 Å². The Labute approximate surface area is 116 Å². The summed E-state index contributed by atoms with van der Waals surface area (Å²) in [5, 5.41) is 13.2. The van der Waals surface area contributed by atoms with Crippen LogP contribution < -0.4 is 10.1 Å². The van der Waals surface area contributed by atoms with Crippen molar-refractivity contribution in [2.24, 2.45) is 11.3 Å². The zero-order valence-electron chi connectivity index (χ0n) is 12.1. The molecule has 1 aromatic carbocycles. The van der Waals surface area contributed by atoms with Crippen molar-refractivity contribution in [1.82, 2.24) is 5.32 Å². The average Bonchev–Trinajstić information content (AvgIpc) is 2.95. The molecule has 1 aromatic rings. The van der Waals surface area contributed by atoms with Gasteiger partial charge in [0.15, 0.2) is 0 Å². The van der Waals surface area contributed by atoms with E-state index in [1.165, 1.54) is 12.0 Å². The molecule has 1 saturated carbocycles. The van der Waals surface area contributed by atoms with E-state index in [-0.39, 0.29) is 0 Å². The van der Waals surface area contributed by atoms with Crippen molar-refractivity contribution < 1.29 is 9.84 Å². The van der Waals surface area contributed by atoms with Crippen LogP contribution in [0.4, 0.5) is 0 Å². The molecule has 19 heavy (non-hydrogen) atoms. The Morgan fingerprint density at radius 2 is 2.21 bits per heavy atom. The molecule has 2 atom stereocenters. The molecular weight excluding hydrogens is 238 g/mol. The van der Waals surface area contributed by atoms with Crippen molar-refractivity contribution in [3.8, 4) is 5.75 Å². The van der Waals surface area contributed by atoms with Crippen LogP contribution in [0.5, 0.6) is 5.75 Å². The van der Waals surface area contributed by atoms with E-state index in [0.717, 1.165) is 18.2 Å². The van der Waals surface area contributed by atoms with Crippen LogP contribution in [0, 0.1) is 18.3 Å². The quantitative estimate of drug-likeness (QED) is 0.793. The van der Waals surface area contributed by atoms with Gasteiger partial charge in [0.25, 0.3) is 0 Å². The molecule has 2 unspecified atom stereocenters. The highest BCUT2D eigenvalue weighted by Gasteiger charge is 2.44. The fraction of sp³-hybridized carbons (Fsp3) is 0.625. The second kappa shape index (κ2) is 5.93. The summed E-state index contributed by atoms with van der Waals surface area (Å²) in [4.78, 5) is 0. The van der Waals surface area contributed by atoms with E-state index >= 15 is 0 Å². The van der Waals surface area contributed by atoms with Gasteiger partial charge in [0.2, 0.25) is 0 Å². The van der Waals surface area contributed by atoms with Gasteiger partial charge < -0.3 is 15.2 Å². The number of benzene rings is 1. The highest BCUT2D eigenvalue weighted by molar-refractivity contribution is 5.27. The number of hydrogen-bond acceptors (Lipinski definition) is 3. The van der Waals surface area contributed by atoms with Crippen molar-refractivity contribution in [3.63, 3.8) is 0 Å². The van der Waals surface area contributed by atoms with Crippen molar-refractivity contribution in [2.45, 2.75) is 33.3 Å². The van der Waals surface area contributed by atoms with Crippen LogP contribution in [0.25, 0.3) is 0 Å². The van der Waals surface area contributed by atoms with Crippen LogP contribution >= 0.6 is 0 Å². The Bertz CT molecular complexity index is 417. The Balaban J connectivity index is 1.61. The maximum atomic E-state index is 9.86. The molecule has 3 nitrogen and oxygen atoms in total. The molecule has 0 spiro atoms. The SMILES string of the molecule is Cc1cccc(OCC(O)CNCC2CC2(C)C)c1. The first kappa shape index (κ1) is 14.4. The van der Waals surface area contributed by atoms with Crippen molar-refractivity contribution in [3.05, 3.63) is 29.8 Å². The maximum Gasteiger partial charge on any atom is 0.119 e. The van der Waals surface area contributed by atoms with Gasteiger partial charge in [-0.1, -0.05) is 26.0 Å². The molecular formula is C16H25NO2. The summed E-state index contributed by atoms with van der Waals surface area (Å²) in [6.45, 7) is 8.53. The molecule has 0 saturated heterocycles. The van der Waals surface area contributed by atoms with Crippen molar-refractivity contribution in [1.29, 1.82) is 0 Å². The third kappa shape index (κ3) is 4.51. The zero-order valence-corrected chi connectivity index (χ0v) is 12.1. The highest BCUT2D eigenvalue weighted by Crippen LogP contribution is 2.50. The second-order valence-corrected chi connectivity index (χ2v) is 6.33. The lowest BCUT2D eigenvalue weighted by atomic mass is 10.1. The van der Waals surface area contributed by atoms with Crippen LogP contribution in [-0.4, -0.2) is 30.9 Å². The first-order chi connectivity index (χ1) is 8.97. The van der Waals surface area contributed by atoms with E-state index in [1.807, 2.05) is 31.2 Å². The molecule has 3 heteroatoms. The van der Waals surface area contributed by atoms with Gasteiger partial charge in [-0.2, -0.15) is 0 Å². The molecule has 0 aliphatic heterocycles. The maximum absolute atomic E-state index is 9.86. The van der Waals surface area contributed by atoms with Gasteiger partial charge in [-0.15, -0.1) is 0 Å². The van der Waals surface area contributed by atoms with Crippen LogP contribution in [0.15, 0.2) is 24.3 Å². The summed E-state index contributed by atoms with van der Waals surface area (Å²) >= 11 is 0. The largest absolute Gasteiger partial charge is 0.491 e. The molecule has 1 fully saturated rings. The standard InChI is InChI=1S/C16H25NO2/c1-12-5-4-6-15(7-12)19-11-14(18)10-17-9-13-8-16(13,2)3/h4-7,13-14,17-18H,8-11H2,1-3H3. The van der Waals surface area contributed by atoms with Gasteiger partial charge in [-0.05, 0) is 48.9 Å². The summed E-state index contributed by atoms with van der Waals surface area (Å²) in [6.07, 6.45) is 0.831. The number of hydrogen-bond donors (Lipinski definition) is 2. The first-order valence-electron chi connectivity index (χ1n) is 7.05. The number of nitrogens with one attached hydrogen (secondary N) is 1. The summed E-state index contributed by atoms with van der Waals surface area (Å²) in [7, 11) is 0. The van der Waals surface area contributed by atoms with E-state index in [0.29, 0.717) is 18.6 Å². The second-order valence-electron chi connectivity index (χ2n) is 6.33. The summed E-state index contributed by atoms with van der Waals surface area (Å²) in [6, 6.07) is 7.89. The Morgan fingerprint density at radius 3 is 2.84 bits per heavy atom. The van der Waals surface area contributed by atoms with Crippen molar-refractivity contribution in [2.75, 3.05) is 19.7 Å². The summed E-state index contributed by atoms with van der Waals surface area (Å²) < 4.78 is 5.57. The summed E-state index contributed by atoms with van der Waals surface area (Å²) in [5.74, 6) is 1.58. The van der Waals surface area contributed by atoms with E-state index in [4.69, 9.17) is 4.74 Å². The van der Waals surface area contributed by atoms with Gasteiger partial charge in [0.1, 0.15) is 18.5 Å². The number of rotatable bonds is 7. The number of aliphatic hydroxyl groups is 1. The smallest absolute Gasteiger partial charge is 0.119 e. The lowest BCUT2D eigenvalue weighted by molar-refractivity contribution is 0.106. The third-order valence-corrected chi connectivity index (χ3v) is 3.92. The molecule has 1 aliphatic carbocycles. The molecule has 0 heterocycles. The number of aliphatic hydroxyl groups excluding tert-OH is 1. The molecule has 106 valence electrons. The Hall–Kier alpha value is -1.06. The van der Waals surface area contributed by atoms with Crippen LogP contribution in [0.1, 0.15) is 25.8 Å². The topological polar surface area (TPSA) is 41.5 Å². The molecule has 2 rings (SSSR count). The monoisotopic (exact) mass is 263 g/mol. The van der Waals surface area contributed by atoms with Gasteiger partial charge in [-0.25, -0.2) is 0 Å². The minimum Gasteiger partial charge on any atom is -0.491 e. The van der Waals surface area contributed by atoms with Gasteiger partial charge >= 0.3 is 0 Å². The number of aryl methyl sites for hydroxylation is 1. The zero-order chi connectivity index (χ0) is 13.9. The Kier molecular flexibility index (Phi) is 4.48. The molecule has 0 radical (unpaired) electrons. The Morgan fingerprint density at radius 1 is 1.47 bits per heavy atom. The minimum absolute atomic E-state index is 0.338. The van der Waals surface area contributed by atoms with Crippen LogP contribution in [0.2, 0.25) is 0 Å². The van der Waals surface area contributed by atoms with Gasteiger partial charge in [0, 0.05) is 6.54 Å². The fourth-order valence-electron chi connectivity index (χ4n) is 2.31. The molecule has 1 aliphatic rings. The molecule has 2 N–H and O–H groups in total. The van der Waals surface area contributed by atoms with Crippen LogP contribution in [0.3, 0.4) is 0 Å². The predicted molar refractivity (Wildman–Crippen MR) is 77.4 cm³/mol. The van der Waals surface area contributed by atoms with Crippen molar-refractivity contribution >= 4 is 0 Å². The normalized spacial score (nSPS) is 22.0. The van der Waals surface area contributed by atoms with Crippen LogP contribution in [-0.2, 0) is 0 Å². The van der Waals surface area contributed by atoms with E-state index in [1.54, 1.807) is 0 Å². The van der Waals surface area contributed by atoms with Gasteiger partial charge in [0.05, 0.1) is 0 Å². The van der Waals surface area contributed by atoms with E-state index in [2.05, 4.69) is 19.2 Å². The van der Waals surface area contributed by atoms with E-state index < -0.39 is 6.10 Å². The summed E-state index contributed by atoms with van der Waals surface area (Å²) in [5.41, 5.74) is 1.66. The molecule has 0 aromatic heterocycles. The fourth-order valence-corrected chi connectivity index (χ4v) is 2.31. The lowest BCUT2D eigenvalue weighted by Crippen LogP contribution is -2.33. The predicted octanol–water partition coefficient (Wildman–Crippen LogP) is 2.37. The molecule has 0 amide bonds. The van der Waals surface area contributed by atoms with E-state index in [9.17, 15) is 5.11 Å². The number of ether oxygens (including phenoxy) is 1. The highest BCUT2D eigenvalue weighted by atomic mass is 16.5. The molecule has 0 bridgehead atoms. The lowest BCUT2D eigenvalue weighted by Gasteiger charge is -2.14. The minimum atomic E-state index is -0.456. The first-order valence-corrected chi connectivity index (χ1v) is 7.05. The average molecular weight is 263 g/mol. The third-order valence-electron chi connectivity index (χ3n) is 3.92.